The van der Waals surface area contributed by atoms with Crippen LogP contribution in [0.5, 0.6) is 0 Å². The molecule has 0 aromatic heterocycles. The third-order valence-corrected chi connectivity index (χ3v) is 5.42. The second-order valence-electron chi connectivity index (χ2n) is 6.86. The third kappa shape index (κ3) is 6.78. The number of Topliss-reactive ketones (excluding diaryl/α,β-unsaturated/α-hetero) is 2. The van der Waals surface area contributed by atoms with Crippen molar-refractivity contribution in [2.45, 2.75) is 64.2 Å². The van der Waals surface area contributed by atoms with Crippen molar-refractivity contribution in [3.63, 3.8) is 0 Å². The van der Waals surface area contributed by atoms with Crippen molar-refractivity contribution in [1.82, 2.24) is 0 Å². The van der Waals surface area contributed by atoms with Gasteiger partial charge in [-0.25, -0.2) is 0 Å². The summed E-state index contributed by atoms with van der Waals surface area (Å²) in [7, 11) is 0. The Balaban J connectivity index is 1.86. The van der Waals surface area contributed by atoms with Crippen molar-refractivity contribution in [2.75, 3.05) is 0 Å². The Morgan fingerprint density at radius 3 is 2.41 bits per heavy atom. The summed E-state index contributed by atoms with van der Waals surface area (Å²) >= 11 is 12.0. The molecule has 0 atom stereocenters. The first-order valence-corrected chi connectivity index (χ1v) is 10.1. The van der Waals surface area contributed by atoms with Crippen LogP contribution in [0.4, 0.5) is 0 Å². The normalized spacial score (nSPS) is 14.1. The smallest absolute Gasteiger partial charge is 0.303 e. The molecule has 0 radical (unpaired) electrons. The lowest BCUT2D eigenvalue weighted by Gasteiger charge is -2.08. The molecule has 1 aromatic rings. The Labute approximate surface area is 169 Å². The summed E-state index contributed by atoms with van der Waals surface area (Å²) < 4.78 is 0. The standard InChI is InChI=1S/C21H24Cl2O4/c22-15-9-10-17(18(23)13-15)20(25)12-8-14-7-11-19(24)16(14)5-3-1-2-4-6-21(26)27/h9-10,13H,1-8,11-12H2,(H,26,27). The van der Waals surface area contributed by atoms with Gasteiger partial charge in [0.1, 0.15) is 0 Å². The summed E-state index contributed by atoms with van der Waals surface area (Å²) in [6.07, 6.45) is 6.40. The number of carbonyl (C=O) groups excluding carboxylic acids is 2. The van der Waals surface area contributed by atoms with E-state index in [1.54, 1.807) is 18.2 Å². The summed E-state index contributed by atoms with van der Waals surface area (Å²) in [5.41, 5.74) is 2.43. The first-order chi connectivity index (χ1) is 12.9. The highest BCUT2D eigenvalue weighted by Gasteiger charge is 2.23. The number of halogens is 2. The first kappa shape index (κ1) is 21.6. The number of ketones is 2. The fraction of sp³-hybridized carbons (Fsp3) is 0.476. The van der Waals surface area contributed by atoms with Crippen LogP contribution in [-0.2, 0) is 9.59 Å². The largest absolute Gasteiger partial charge is 0.481 e. The van der Waals surface area contributed by atoms with E-state index in [0.29, 0.717) is 41.3 Å². The quantitative estimate of drug-likeness (QED) is 0.356. The lowest BCUT2D eigenvalue weighted by molar-refractivity contribution is -0.137. The molecular weight excluding hydrogens is 387 g/mol. The van der Waals surface area contributed by atoms with Gasteiger partial charge in [0.25, 0.3) is 0 Å². The predicted octanol–water partition coefficient (Wildman–Crippen LogP) is 6.04. The van der Waals surface area contributed by atoms with Crippen LogP contribution in [-0.4, -0.2) is 22.6 Å². The van der Waals surface area contributed by atoms with Gasteiger partial charge in [-0.1, -0.05) is 41.6 Å². The molecule has 6 heteroatoms. The van der Waals surface area contributed by atoms with E-state index in [1.165, 1.54) is 0 Å². The first-order valence-electron chi connectivity index (χ1n) is 9.32. The van der Waals surface area contributed by atoms with Gasteiger partial charge >= 0.3 is 5.97 Å². The van der Waals surface area contributed by atoms with Crippen LogP contribution in [0.2, 0.25) is 10.0 Å². The van der Waals surface area contributed by atoms with Crippen molar-refractivity contribution in [1.29, 1.82) is 0 Å². The highest BCUT2D eigenvalue weighted by Crippen LogP contribution is 2.31. The topological polar surface area (TPSA) is 71.4 Å². The molecule has 2 rings (SSSR count). The highest BCUT2D eigenvalue weighted by atomic mass is 35.5. The highest BCUT2D eigenvalue weighted by molar-refractivity contribution is 6.36. The molecule has 0 fully saturated rings. The van der Waals surface area contributed by atoms with E-state index in [1.807, 2.05) is 0 Å². The molecule has 1 aliphatic rings. The molecule has 4 nitrogen and oxygen atoms in total. The van der Waals surface area contributed by atoms with Gasteiger partial charge in [-0.15, -0.1) is 0 Å². The summed E-state index contributed by atoms with van der Waals surface area (Å²) in [4.78, 5) is 35.1. The lowest BCUT2D eigenvalue weighted by Crippen LogP contribution is -2.02. The average Bonchev–Trinajstić information content (AvgIpc) is 2.95. The fourth-order valence-electron chi connectivity index (χ4n) is 3.40. The minimum Gasteiger partial charge on any atom is -0.481 e. The molecular formula is C21H24Cl2O4. The van der Waals surface area contributed by atoms with E-state index in [-0.39, 0.29) is 18.0 Å². The number of hydrogen-bond donors (Lipinski definition) is 1. The van der Waals surface area contributed by atoms with Gasteiger partial charge in [0.05, 0.1) is 5.02 Å². The van der Waals surface area contributed by atoms with Crippen molar-refractivity contribution >= 4 is 40.7 Å². The van der Waals surface area contributed by atoms with Crippen LogP contribution < -0.4 is 0 Å². The number of carbonyl (C=O) groups is 3. The molecule has 146 valence electrons. The summed E-state index contributed by atoms with van der Waals surface area (Å²) in [5, 5.41) is 9.48. The second kappa shape index (κ2) is 10.6. The molecule has 0 aliphatic heterocycles. The number of benzene rings is 1. The van der Waals surface area contributed by atoms with E-state index in [4.69, 9.17) is 28.3 Å². The molecule has 0 heterocycles. The van der Waals surface area contributed by atoms with Crippen LogP contribution >= 0.6 is 23.2 Å². The van der Waals surface area contributed by atoms with Crippen LogP contribution in [0.15, 0.2) is 29.3 Å². The molecule has 27 heavy (non-hydrogen) atoms. The zero-order valence-corrected chi connectivity index (χ0v) is 16.7. The van der Waals surface area contributed by atoms with Crippen LogP contribution in [0.1, 0.15) is 74.6 Å². The number of hydrogen-bond acceptors (Lipinski definition) is 3. The SMILES string of the molecule is O=C(O)CCCCCCC1=C(CCC(=O)c2ccc(Cl)cc2Cl)CCC1=O. The molecule has 0 saturated heterocycles. The van der Waals surface area contributed by atoms with Gasteiger partial charge < -0.3 is 5.11 Å². The Bertz CT molecular complexity index is 753. The summed E-state index contributed by atoms with van der Waals surface area (Å²) in [6, 6.07) is 4.85. The van der Waals surface area contributed by atoms with Gasteiger partial charge in [-0.05, 0) is 55.9 Å². The van der Waals surface area contributed by atoms with Crippen molar-refractivity contribution in [3.8, 4) is 0 Å². The Kier molecular flexibility index (Phi) is 8.52. The number of allylic oxidation sites excluding steroid dienone is 2. The Hall–Kier alpha value is -1.65. The minimum atomic E-state index is -0.767. The summed E-state index contributed by atoms with van der Waals surface area (Å²) in [6.45, 7) is 0. The van der Waals surface area contributed by atoms with E-state index in [2.05, 4.69) is 0 Å². The van der Waals surface area contributed by atoms with E-state index in [0.717, 1.165) is 43.3 Å². The van der Waals surface area contributed by atoms with Crippen LogP contribution in [0.3, 0.4) is 0 Å². The minimum absolute atomic E-state index is 0.0449. The summed E-state index contributed by atoms with van der Waals surface area (Å²) in [5.74, 6) is -0.625. The average molecular weight is 411 g/mol. The number of carboxylic acid groups (broad SMARTS) is 1. The Morgan fingerprint density at radius 1 is 0.963 bits per heavy atom. The maximum absolute atomic E-state index is 12.4. The van der Waals surface area contributed by atoms with Crippen molar-refractivity contribution in [2.24, 2.45) is 0 Å². The van der Waals surface area contributed by atoms with Crippen LogP contribution in [0.25, 0.3) is 0 Å². The number of unbranched alkanes of at least 4 members (excludes halogenated alkanes) is 3. The van der Waals surface area contributed by atoms with Crippen LogP contribution in [0, 0.1) is 0 Å². The van der Waals surface area contributed by atoms with Crippen molar-refractivity contribution in [3.05, 3.63) is 45.0 Å². The predicted molar refractivity (Wildman–Crippen MR) is 107 cm³/mol. The van der Waals surface area contributed by atoms with Gasteiger partial charge in [-0.3, -0.25) is 14.4 Å². The Morgan fingerprint density at radius 2 is 1.70 bits per heavy atom. The molecule has 0 amide bonds. The molecule has 0 spiro atoms. The van der Waals surface area contributed by atoms with E-state index < -0.39 is 5.97 Å². The molecule has 0 saturated carbocycles. The monoisotopic (exact) mass is 410 g/mol. The fourth-order valence-corrected chi connectivity index (χ4v) is 3.92. The van der Waals surface area contributed by atoms with E-state index >= 15 is 0 Å². The molecule has 1 aliphatic carbocycles. The lowest BCUT2D eigenvalue weighted by atomic mass is 9.97. The zero-order valence-electron chi connectivity index (χ0n) is 15.2. The molecule has 0 unspecified atom stereocenters. The van der Waals surface area contributed by atoms with Gasteiger partial charge in [0, 0.05) is 29.8 Å². The zero-order chi connectivity index (χ0) is 19.8. The van der Waals surface area contributed by atoms with Gasteiger partial charge in [-0.2, -0.15) is 0 Å². The van der Waals surface area contributed by atoms with E-state index in [9.17, 15) is 14.4 Å². The number of aliphatic carboxylic acids is 1. The maximum atomic E-state index is 12.4. The maximum Gasteiger partial charge on any atom is 0.303 e. The third-order valence-electron chi connectivity index (χ3n) is 4.87. The number of carboxylic acids is 1. The molecule has 1 N–H and O–H groups in total. The molecule has 1 aromatic carbocycles. The van der Waals surface area contributed by atoms with Gasteiger partial charge in [0.15, 0.2) is 11.6 Å². The second-order valence-corrected chi connectivity index (χ2v) is 7.70. The van der Waals surface area contributed by atoms with Crippen molar-refractivity contribution < 1.29 is 19.5 Å². The van der Waals surface area contributed by atoms with Gasteiger partial charge in [0.2, 0.25) is 0 Å². The molecule has 0 bridgehead atoms. The number of rotatable bonds is 11.